The van der Waals surface area contributed by atoms with E-state index in [0.717, 1.165) is 47.5 Å². The second-order valence-electron chi connectivity index (χ2n) is 7.10. The average molecular weight is 400 g/mol. The van der Waals surface area contributed by atoms with Crippen LogP contribution in [-0.4, -0.2) is 15.7 Å². The zero-order chi connectivity index (χ0) is 18.9. The van der Waals surface area contributed by atoms with Gasteiger partial charge in [-0.05, 0) is 48.1 Å². The lowest BCUT2D eigenvalue weighted by atomic mass is 9.78. The maximum Gasteiger partial charge on any atom is 0.230 e. The standard InChI is InChI=1S/C21H22ClN3OS/c1-25-17(13-18(24-25)19-5-4-12-27-19)14-23-20(26)21(10-2-3-11-21)15-6-8-16(22)9-7-15/h4-9,12-13H,2-3,10-11,14H2,1H3,(H,23,26). The summed E-state index contributed by atoms with van der Waals surface area (Å²) in [7, 11) is 1.92. The minimum Gasteiger partial charge on any atom is -0.350 e. The van der Waals surface area contributed by atoms with Crippen LogP contribution in [0.25, 0.3) is 10.6 Å². The predicted molar refractivity (Wildman–Crippen MR) is 110 cm³/mol. The van der Waals surface area contributed by atoms with Crippen LogP contribution >= 0.6 is 22.9 Å². The van der Waals surface area contributed by atoms with E-state index in [-0.39, 0.29) is 5.91 Å². The maximum absolute atomic E-state index is 13.2. The van der Waals surface area contributed by atoms with Gasteiger partial charge in [0.1, 0.15) is 5.69 Å². The summed E-state index contributed by atoms with van der Waals surface area (Å²) in [6.45, 7) is 0.475. The summed E-state index contributed by atoms with van der Waals surface area (Å²) in [5.74, 6) is 0.0983. The second-order valence-corrected chi connectivity index (χ2v) is 8.48. The van der Waals surface area contributed by atoms with Crippen LogP contribution in [0.3, 0.4) is 0 Å². The van der Waals surface area contributed by atoms with Crippen molar-refractivity contribution < 1.29 is 4.79 Å². The van der Waals surface area contributed by atoms with E-state index in [1.165, 1.54) is 0 Å². The summed E-state index contributed by atoms with van der Waals surface area (Å²) in [5, 5.41) is 10.5. The molecule has 27 heavy (non-hydrogen) atoms. The van der Waals surface area contributed by atoms with Crippen LogP contribution in [0.15, 0.2) is 47.8 Å². The number of halogens is 1. The Hall–Kier alpha value is -2.11. The van der Waals surface area contributed by atoms with Gasteiger partial charge in [-0.3, -0.25) is 9.48 Å². The summed E-state index contributed by atoms with van der Waals surface area (Å²) in [4.78, 5) is 14.3. The molecule has 1 fully saturated rings. The number of thiophene rings is 1. The molecule has 1 amide bonds. The van der Waals surface area contributed by atoms with E-state index in [1.807, 2.05) is 47.4 Å². The number of aryl methyl sites for hydroxylation is 1. The monoisotopic (exact) mass is 399 g/mol. The Labute approximate surface area is 168 Å². The van der Waals surface area contributed by atoms with Crippen LogP contribution in [-0.2, 0) is 23.8 Å². The Balaban J connectivity index is 1.52. The lowest BCUT2D eigenvalue weighted by molar-refractivity contribution is -0.126. The number of nitrogens with zero attached hydrogens (tertiary/aromatic N) is 2. The van der Waals surface area contributed by atoms with Crippen molar-refractivity contribution in [2.75, 3.05) is 0 Å². The third-order valence-electron chi connectivity index (χ3n) is 5.47. The highest BCUT2D eigenvalue weighted by Gasteiger charge is 2.42. The van der Waals surface area contributed by atoms with Crippen molar-refractivity contribution in [1.29, 1.82) is 0 Å². The molecule has 4 nitrogen and oxygen atoms in total. The van der Waals surface area contributed by atoms with Gasteiger partial charge in [0.25, 0.3) is 0 Å². The van der Waals surface area contributed by atoms with Gasteiger partial charge in [-0.15, -0.1) is 11.3 Å². The molecule has 3 aromatic rings. The van der Waals surface area contributed by atoms with E-state index < -0.39 is 5.41 Å². The normalized spacial score (nSPS) is 15.8. The van der Waals surface area contributed by atoms with E-state index in [2.05, 4.69) is 22.5 Å². The fraction of sp³-hybridized carbons (Fsp3) is 0.333. The van der Waals surface area contributed by atoms with Gasteiger partial charge in [-0.2, -0.15) is 5.10 Å². The first kappa shape index (κ1) is 18.3. The van der Waals surface area contributed by atoms with Crippen molar-refractivity contribution in [2.45, 2.75) is 37.6 Å². The van der Waals surface area contributed by atoms with Crippen molar-refractivity contribution >= 4 is 28.8 Å². The second kappa shape index (κ2) is 7.49. The summed E-state index contributed by atoms with van der Waals surface area (Å²) < 4.78 is 1.85. The molecule has 0 unspecified atom stereocenters. The molecule has 1 saturated carbocycles. The van der Waals surface area contributed by atoms with E-state index >= 15 is 0 Å². The Morgan fingerprint density at radius 3 is 2.67 bits per heavy atom. The lowest BCUT2D eigenvalue weighted by Gasteiger charge is -2.28. The molecular formula is C21H22ClN3OS. The number of nitrogens with one attached hydrogen (secondary N) is 1. The minimum atomic E-state index is -0.445. The molecule has 2 heterocycles. The molecule has 0 spiro atoms. The number of benzene rings is 1. The summed E-state index contributed by atoms with van der Waals surface area (Å²) in [6.07, 6.45) is 3.91. The number of carbonyl (C=O) groups is 1. The Morgan fingerprint density at radius 1 is 1.26 bits per heavy atom. The molecule has 140 valence electrons. The van der Waals surface area contributed by atoms with Gasteiger partial charge >= 0.3 is 0 Å². The van der Waals surface area contributed by atoms with Gasteiger partial charge in [0.05, 0.1) is 22.5 Å². The third kappa shape index (κ3) is 3.54. The number of hydrogen-bond donors (Lipinski definition) is 1. The molecule has 1 aromatic carbocycles. The van der Waals surface area contributed by atoms with E-state index in [4.69, 9.17) is 11.6 Å². The molecule has 4 rings (SSSR count). The first-order valence-electron chi connectivity index (χ1n) is 9.20. The van der Waals surface area contributed by atoms with Gasteiger partial charge in [0.15, 0.2) is 0 Å². The molecule has 6 heteroatoms. The van der Waals surface area contributed by atoms with Crippen LogP contribution in [0, 0.1) is 0 Å². The first-order valence-corrected chi connectivity index (χ1v) is 10.5. The molecule has 1 aliphatic rings. The molecule has 0 atom stereocenters. The van der Waals surface area contributed by atoms with Crippen LogP contribution < -0.4 is 5.32 Å². The quantitative estimate of drug-likeness (QED) is 0.661. The van der Waals surface area contributed by atoms with Crippen LogP contribution in [0.2, 0.25) is 5.02 Å². The molecule has 0 aliphatic heterocycles. The molecule has 2 aromatic heterocycles. The highest BCUT2D eigenvalue weighted by Crippen LogP contribution is 2.41. The smallest absolute Gasteiger partial charge is 0.230 e. The Morgan fingerprint density at radius 2 is 2.00 bits per heavy atom. The number of aromatic nitrogens is 2. The molecular weight excluding hydrogens is 378 g/mol. The third-order valence-corrected chi connectivity index (χ3v) is 6.61. The first-order chi connectivity index (χ1) is 13.1. The average Bonchev–Trinajstić information content (AvgIpc) is 3.41. The number of hydrogen-bond acceptors (Lipinski definition) is 3. The van der Waals surface area contributed by atoms with E-state index in [0.29, 0.717) is 11.6 Å². The van der Waals surface area contributed by atoms with Gasteiger partial charge in [0, 0.05) is 12.1 Å². The fourth-order valence-electron chi connectivity index (χ4n) is 3.95. The van der Waals surface area contributed by atoms with Crippen molar-refractivity contribution in [1.82, 2.24) is 15.1 Å². The molecule has 1 aliphatic carbocycles. The summed E-state index contributed by atoms with van der Waals surface area (Å²) >= 11 is 7.70. The van der Waals surface area contributed by atoms with Crippen LogP contribution in [0.5, 0.6) is 0 Å². The molecule has 1 N–H and O–H groups in total. The Bertz CT molecular complexity index is 925. The maximum atomic E-state index is 13.2. The molecule has 0 radical (unpaired) electrons. The highest BCUT2D eigenvalue weighted by atomic mass is 35.5. The summed E-state index contributed by atoms with van der Waals surface area (Å²) in [5.41, 5.74) is 2.56. The SMILES string of the molecule is Cn1nc(-c2cccs2)cc1CNC(=O)C1(c2ccc(Cl)cc2)CCCC1. The van der Waals surface area contributed by atoms with E-state index in [9.17, 15) is 4.79 Å². The van der Waals surface area contributed by atoms with Crippen LogP contribution in [0.4, 0.5) is 0 Å². The molecule has 0 saturated heterocycles. The van der Waals surface area contributed by atoms with Crippen molar-refractivity contribution in [3.63, 3.8) is 0 Å². The number of amides is 1. The zero-order valence-electron chi connectivity index (χ0n) is 15.2. The topological polar surface area (TPSA) is 46.9 Å². The number of carbonyl (C=O) groups excluding carboxylic acids is 1. The number of rotatable bonds is 5. The van der Waals surface area contributed by atoms with Gasteiger partial charge < -0.3 is 5.32 Å². The van der Waals surface area contributed by atoms with Gasteiger partial charge in [-0.25, -0.2) is 0 Å². The summed E-state index contributed by atoms with van der Waals surface area (Å²) in [6, 6.07) is 13.9. The van der Waals surface area contributed by atoms with Crippen molar-refractivity contribution in [3.8, 4) is 10.6 Å². The Kier molecular flexibility index (Phi) is 5.06. The van der Waals surface area contributed by atoms with Crippen molar-refractivity contribution in [2.24, 2.45) is 7.05 Å². The fourth-order valence-corrected chi connectivity index (χ4v) is 4.76. The molecule has 0 bridgehead atoms. The van der Waals surface area contributed by atoms with Crippen LogP contribution in [0.1, 0.15) is 36.9 Å². The lowest BCUT2D eigenvalue weighted by Crippen LogP contribution is -2.42. The predicted octanol–water partition coefficient (Wildman–Crippen LogP) is 4.93. The van der Waals surface area contributed by atoms with Crippen molar-refractivity contribution in [3.05, 3.63) is 64.1 Å². The zero-order valence-corrected chi connectivity index (χ0v) is 16.8. The minimum absolute atomic E-state index is 0.0983. The van der Waals surface area contributed by atoms with Gasteiger partial charge in [0.2, 0.25) is 5.91 Å². The largest absolute Gasteiger partial charge is 0.350 e. The van der Waals surface area contributed by atoms with E-state index in [1.54, 1.807) is 11.3 Å². The van der Waals surface area contributed by atoms with Gasteiger partial charge in [-0.1, -0.05) is 42.6 Å². The highest BCUT2D eigenvalue weighted by molar-refractivity contribution is 7.13.